The maximum absolute atomic E-state index is 9.73. The molecule has 0 fully saturated rings. The van der Waals surface area contributed by atoms with Crippen molar-refractivity contribution in [1.29, 1.82) is 0 Å². The first-order valence-electron chi connectivity index (χ1n) is 8.37. The largest absolute Gasteiger partial charge is 0.392 e. The van der Waals surface area contributed by atoms with Gasteiger partial charge in [-0.05, 0) is 40.2 Å². The third-order valence-corrected chi connectivity index (χ3v) is 4.30. The summed E-state index contributed by atoms with van der Waals surface area (Å²) >= 11 is 0. The fourth-order valence-electron chi connectivity index (χ4n) is 2.87. The van der Waals surface area contributed by atoms with Gasteiger partial charge in [-0.25, -0.2) is 0 Å². The van der Waals surface area contributed by atoms with Gasteiger partial charge >= 0.3 is 0 Å². The lowest BCUT2D eigenvalue weighted by atomic mass is 10.1. The highest BCUT2D eigenvalue weighted by Gasteiger charge is 2.18. The first-order chi connectivity index (χ1) is 10.9. The minimum absolute atomic E-state index is 0.322. The topological polar surface area (TPSA) is 41.3 Å². The Bertz CT molecular complexity index is 617. The van der Waals surface area contributed by atoms with E-state index >= 15 is 0 Å². The zero-order chi connectivity index (χ0) is 17.0. The predicted molar refractivity (Wildman–Crippen MR) is 94.5 cm³/mol. The number of aliphatic hydroxyl groups excluding tert-OH is 1. The molecule has 1 heterocycles. The number of aliphatic hydroxyl groups is 1. The van der Waals surface area contributed by atoms with Crippen LogP contribution in [-0.2, 0) is 13.1 Å². The average Bonchev–Trinajstić information content (AvgIpc) is 2.74. The Balaban J connectivity index is 2.19. The highest BCUT2D eigenvalue weighted by atomic mass is 16.3. The molecule has 0 bridgehead atoms. The summed E-state index contributed by atoms with van der Waals surface area (Å²) in [4.78, 5) is 2.30. The number of aromatic nitrogens is 2. The molecule has 0 saturated carbocycles. The SMILES string of the molecule is Cc1nn(Cc2ccccc2)c(C)c1CN(CC(C)O)C(C)C. The van der Waals surface area contributed by atoms with Crippen molar-refractivity contribution >= 4 is 0 Å². The van der Waals surface area contributed by atoms with Crippen LogP contribution in [0.3, 0.4) is 0 Å². The van der Waals surface area contributed by atoms with Crippen molar-refractivity contribution in [2.45, 2.75) is 59.9 Å². The Hall–Kier alpha value is -1.65. The molecule has 4 heteroatoms. The molecule has 1 aromatic carbocycles. The van der Waals surface area contributed by atoms with Gasteiger partial charge in [0.15, 0.2) is 0 Å². The Morgan fingerprint density at radius 1 is 1.13 bits per heavy atom. The molecule has 1 atom stereocenters. The summed E-state index contributed by atoms with van der Waals surface area (Å²) in [5, 5.41) is 14.5. The van der Waals surface area contributed by atoms with Gasteiger partial charge in [-0.2, -0.15) is 5.10 Å². The minimum atomic E-state index is -0.322. The Morgan fingerprint density at radius 3 is 2.35 bits per heavy atom. The normalized spacial score (nSPS) is 13.0. The summed E-state index contributed by atoms with van der Waals surface area (Å²) in [6, 6.07) is 10.8. The standard InChI is InChI=1S/C19H29N3O/c1-14(2)21(11-15(3)23)13-19-16(4)20-22(17(19)5)12-18-9-7-6-8-10-18/h6-10,14-15,23H,11-13H2,1-5H3. The fraction of sp³-hybridized carbons (Fsp3) is 0.526. The zero-order valence-electron chi connectivity index (χ0n) is 15.0. The Kier molecular flexibility index (Phi) is 5.97. The highest BCUT2D eigenvalue weighted by molar-refractivity contribution is 5.26. The van der Waals surface area contributed by atoms with E-state index in [0.29, 0.717) is 12.6 Å². The first-order valence-corrected chi connectivity index (χ1v) is 8.37. The predicted octanol–water partition coefficient (Wildman–Crippen LogP) is 3.14. The zero-order valence-corrected chi connectivity index (χ0v) is 15.0. The molecule has 4 nitrogen and oxygen atoms in total. The molecule has 23 heavy (non-hydrogen) atoms. The summed E-state index contributed by atoms with van der Waals surface area (Å²) in [6.45, 7) is 12.7. The van der Waals surface area contributed by atoms with Crippen molar-refractivity contribution in [2.75, 3.05) is 6.54 Å². The second kappa shape index (κ2) is 7.75. The smallest absolute Gasteiger partial charge is 0.0662 e. The maximum atomic E-state index is 9.73. The van der Waals surface area contributed by atoms with Crippen LogP contribution < -0.4 is 0 Å². The van der Waals surface area contributed by atoms with E-state index in [9.17, 15) is 5.11 Å². The number of rotatable bonds is 7. The van der Waals surface area contributed by atoms with E-state index < -0.39 is 0 Å². The molecule has 0 radical (unpaired) electrons. The van der Waals surface area contributed by atoms with Crippen molar-refractivity contribution in [3.63, 3.8) is 0 Å². The van der Waals surface area contributed by atoms with Gasteiger partial charge in [0, 0.05) is 30.4 Å². The molecule has 0 amide bonds. The summed E-state index contributed by atoms with van der Waals surface area (Å²) < 4.78 is 2.08. The van der Waals surface area contributed by atoms with Crippen LogP contribution in [0, 0.1) is 13.8 Å². The van der Waals surface area contributed by atoms with Crippen LogP contribution in [0.4, 0.5) is 0 Å². The van der Waals surface area contributed by atoms with E-state index in [1.807, 2.05) is 13.0 Å². The van der Waals surface area contributed by atoms with Crippen LogP contribution in [0.5, 0.6) is 0 Å². The quantitative estimate of drug-likeness (QED) is 0.853. The van der Waals surface area contributed by atoms with Gasteiger partial charge in [0.1, 0.15) is 0 Å². The lowest BCUT2D eigenvalue weighted by Crippen LogP contribution is -2.36. The molecule has 0 aliphatic rings. The molecule has 2 aromatic rings. The third-order valence-electron chi connectivity index (χ3n) is 4.30. The van der Waals surface area contributed by atoms with E-state index in [4.69, 9.17) is 5.10 Å². The van der Waals surface area contributed by atoms with Crippen molar-refractivity contribution in [3.8, 4) is 0 Å². The molecule has 0 saturated heterocycles. The van der Waals surface area contributed by atoms with Gasteiger partial charge in [0.05, 0.1) is 18.3 Å². The second-order valence-electron chi connectivity index (χ2n) is 6.66. The third kappa shape index (κ3) is 4.66. The first kappa shape index (κ1) is 17.7. The highest BCUT2D eigenvalue weighted by Crippen LogP contribution is 2.18. The fourth-order valence-corrected chi connectivity index (χ4v) is 2.87. The molecular weight excluding hydrogens is 286 g/mol. The Labute approximate surface area is 139 Å². The lowest BCUT2D eigenvalue weighted by molar-refractivity contribution is 0.102. The van der Waals surface area contributed by atoms with Crippen molar-refractivity contribution in [2.24, 2.45) is 0 Å². The second-order valence-corrected chi connectivity index (χ2v) is 6.66. The molecule has 1 unspecified atom stereocenters. The monoisotopic (exact) mass is 315 g/mol. The van der Waals surface area contributed by atoms with Gasteiger partial charge in [-0.1, -0.05) is 30.3 Å². The molecule has 0 aliphatic heterocycles. The molecule has 1 N–H and O–H groups in total. The van der Waals surface area contributed by atoms with E-state index in [0.717, 1.165) is 18.8 Å². The van der Waals surface area contributed by atoms with Crippen molar-refractivity contribution in [1.82, 2.24) is 14.7 Å². The molecular formula is C19H29N3O. The van der Waals surface area contributed by atoms with E-state index in [2.05, 4.69) is 61.5 Å². The Morgan fingerprint density at radius 2 is 1.78 bits per heavy atom. The van der Waals surface area contributed by atoms with E-state index in [-0.39, 0.29) is 6.10 Å². The summed E-state index contributed by atoms with van der Waals surface area (Å²) in [7, 11) is 0. The van der Waals surface area contributed by atoms with Gasteiger partial charge in [-0.3, -0.25) is 9.58 Å². The van der Waals surface area contributed by atoms with Crippen LogP contribution in [0.1, 0.15) is 43.3 Å². The number of hydrogen-bond donors (Lipinski definition) is 1. The summed E-state index contributed by atoms with van der Waals surface area (Å²) in [6.07, 6.45) is -0.322. The summed E-state index contributed by atoms with van der Waals surface area (Å²) in [5.41, 5.74) is 4.82. The summed E-state index contributed by atoms with van der Waals surface area (Å²) in [5.74, 6) is 0. The van der Waals surface area contributed by atoms with Crippen LogP contribution in [0.2, 0.25) is 0 Å². The van der Waals surface area contributed by atoms with Crippen molar-refractivity contribution in [3.05, 3.63) is 52.8 Å². The molecule has 1 aromatic heterocycles. The van der Waals surface area contributed by atoms with Crippen LogP contribution in [-0.4, -0.2) is 38.5 Å². The number of hydrogen-bond acceptors (Lipinski definition) is 3. The minimum Gasteiger partial charge on any atom is -0.392 e. The number of nitrogens with zero attached hydrogens (tertiary/aromatic N) is 3. The van der Waals surface area contributed by atoms with Crippen LogP contribution in [0.15, 0.2) is 30.3 Å². The maximum Gasteiger partial charge on any atom is 0.0662 e. The molecule has 0 spiro atoms. The van der Waals surface area contributed by atoms with E-state index in [1.54, 1.807) is 0 Å². The van der Waals surface area contributed by atoms with Gasteiger partial charge in [0.25, 0.3) is 0 Å². The van der Waals surface area contributed by atoms with Gasteiger partial charge in [0.2, 0.25) is 0 Å². The van der Waals surface area contributed by atoms with Gasteiger partial charge in [-0.15, -0.1) is 0 Å². The van der Waals surface area contributed by atoms with Crippen LogP contribution >= 0.6 is 0 Å². The average molecular weight is 315 g/mol. The van der Waals surface area contributed by atoms with Crippen LogP contribution in [0.25, 0.3) is 0 Å². The molecule has 2 rings (SSSR count). The number of aryl methyl sites for hydroxylation is 1. The number of benzene rings is 1. The molecule has 126 valence electrons. The van der Waals surface area contributed by atoms with Gasteiger partial charge < -0.3 is 5.11 Å². The van der Waals surface area contributed by atoms with Crippen molar-refractivity contribution < 1.29 is 5.11 Å². The van der Waals surface area contributed by atoms with E-state index in [1.165, 1.54) is 16.8 Å². The lowest BCUT2D eigenvalue weighted by Gasteiger charge is -2.27. The molecule has 0 aliphatic carbocycles.